The maximum Gasteiger partial charge on any atom is 0.251 e. The van der Waals surface area contributed by atoms with Crippen molar-refractivity contribution in [1.82, 2.24) is 10.3 Å². The highest BCUT2D eigenvalue weighted by Gasteiger charge is 2.17. The van der Waals surface area contributed by atoms with Crippen LogP contribution in [0.25, 0.3) is 0 Å². The molecule has 1 aromatic carbocycles. The summed E-state index contributed by atoms with van der Waals surface area (Å²) >= 11 is 0. The number of amides is 1. The molecule has 6 nitrogen and oxygen atoms in total. The summed E-state index contributed by atoms with van der Waals surface area (Å²) < 4.78 is 5.44. The number of carbonyl (C=O) groups is 1. The first-order valence-electron chi connectivity index (χ1n) is 8.90. The molecule has 0 bridgehead atoms. The highest BCUT2D eigenvalue weighted by Crippen LogP contribution is 2.28. The van der Waals surface area contributed by atoms with Gasteiger partial charge in [-0.25, -0.2) is 4.98 Å². The molecule has 0 spiro atoms. The standard InChI is InChI=1S/C20H26N4O2/c1-20(2,3)23-19(25)15-8-9-21-18(14-15)22-16-6-4-5-7-17(16)24-10-12-26-13-11-24/h4-9,14H,10-13H2,1-3H3,(H,21,22)(H,23,25). The second kappa shape index (κ2) is 7.74. The fourth-order valence-electron chi connectivity index (χ4n) is 2.85. The Labute approximate surface area is 154 Å². The van der Waals surface area contributed by atoms with E-state index in [0.29, 0.717) is 11.4 Å². The molecule has 1 fully saturated rings. The van der Waals surface area contributed by atoms with E-state index in [-0.39, 0.29) is 11.4 Å². The van der Waals surface area contributed by atoms with Gasteiger partial charge in [0.25, 0.3) is 5.91 Å². The van der Waals surface area contributed by atoms with Gasteiger partial charge in [-0.1, -0.05) is 12.1 Å². The number of carbonyl (C=O) groups excluding carboxylic acids is 1. The van der Waals surface area contributed by atoms with Crippen LogP contribution in [-0.2, 0) is 4.74 Å². The molecule has 2 aromatic rings. The van der Waals surface area contributed by atoms with Gasteiger partial charge in [0.1, 0.15) is 5.82 Å². The number of morpholine rings is 1. The highest BCUT2D eigenvalue weighted by molar-refractivity contribution is 5.95. The number of aromatic nitrogens is 1. The summed E-state index contributed by atoms with van der Waals surface area (Å²) in [5, 5.41) is 6.33. The molecule has 138 valence electrons. The lowest BCUT2D eigenvalue weighted by Gasteiger charge is -2.30. The number of pyridine rings is 1. The Morgan fingerprint density at radius 1 is 1.15 bits per heavy atom. The molecule has 2 heterocycles. The number of nitrogens with zero attached hydrogens (tertiary/aromatic N) is 2. The van der Waals surface area contributed by atoms with Gasteiger partial charge in [0.15, 0.2) is 0 Å². The minimum absolute atomic E-state index is 0.107. The van der Waals surface area contributed by atoms with Crippen molar-refractivity contribution in [1.29, 1.82) is 0 Å². The quantitative estimate of drug-likeness (QED) is 0.883. The van der Waals surface area contributed by atoms with Gasteiger partial charge in [-0.15, -0.1) is 0 Å². The zero-order chi connectivity index (χ0) is 18.6. The minimum atomic E-state index is -0.281. The van der Waals surface area contributed by atoms with Crippen LogP contribution < -0.4 is 15.5 Å². The number of anilines is 3. The van der Waals surface area contributed by atoms with Crippen LogP contribution >= 0.6 is 0 Å². The normalized spacial score (nSPS) is 14.8. The predicted molar refractivity (Wildman–Crippen MR) is 104 cm³/mol. The number of benzene rings is 1. The van der Waals surface area contributed by atoms with Crippen molar-refractivity contribution in [2.24, 2.45) is 0 Å². The Hall–Kier alpha value is -2.60. The molecular formula is C20H26N4O2. The van der Waals surface area contributed by atoms with Gasteiger partial charge in [0, 0.05) is 30.4 Å². The second-order valence-electron chi connectivity index (χ2n) is 7.38. The third-order valence-electron chi connectivity index (χ3n) is 4.03. The van der Waals surface area contributed by atoms with Crippen LogP contribution in [-0.4, -0.2) is 42.7 Å². The molecule has 0 radical (unpaired) electrons. The molecule has 0 aliphatic carbocycles. The monoisotopic (exact) mass is 354 g/mol. The lowest BCUT2D eigenvalue weighted by molar-refractivity contribution is 0.0919. The summed E-state index contributed by atoms with van der Waals surface area (Å²) in [6.07, 6.45) is 1.65. The fraction of sp³-hybridized carbons (Fsp3) is 0.400. The van der Waals surface area contributed by atoms with Crippen molar-refractivity contribution in [3.63, 3.8) is 0 Å². The van der Waals surface area contributed by atoms with Gasteiger partial charge in [0.2, 0.25) is 0 Å². The number of ether oxygens (including phenoxy) is 1. The molecule has 3 rings (SSSR count). The number of rotatable bonds is 4. The Morgan fingerprint density at radius 2 is 1.88 bits per heavy atom. The topological polar surface area (TPSA) is 66.5 Å². The first-order valence-corrected chi connectivity index (χ1v) is 8.90. The van der Waals surface area contributed by atoms with Crippen LogP contribution in [0.2, 0.25) is 0 Å². The molecule has 2 N–H and O–H groups in total. The summed E-state index contributed by atoms with van der Waals surface area (Å²) in [6, 6.07) is 11.6. The Bertz CT molecular complexity index is 764. The molecule has 6 heteroatoms. The van der Waals surface area contributed by atoms with E-state index in [4.69, 9.17) is 4.74 Å². The van der Waals surface area contributed by atoms with Crippen LogP contribution in [0, 0.1) is 0 Å². The maximum absolute atomic E-state index is 12.4. The van der Waals surface area contributed by atoms with Crippen LogP contribution in [0.5, 0.6) is 0 Å². The molecule has 1 aliphatic rings. The maximum atomic E-state index is 12.4. The van der Waals surface area contributed by atoms with E-state index in [1.54, 1.807) is 18.3 Å². The molecule has 1 saturated heterocycles. The molecule has 0 saturated carbocycles. The Balaban J connectivity index is 1.79. The summed E-state index contributed by atoms with van der Waals surface area (Å²) in [7, 11) is 0. The molecule has 0 unspecified atom stereocenters. The summed E-state index contributed by atoms with van der Waals surface area (Å²) in [5.41, 5.74) is 2.38. The van der Waals surface area contributed by atoms with E-state index in [9.17, 15) is 4.79 Å². The van der Waals surface area contributed by atoms with Gasteiger partial charge in [0.05, 0.1) is 24.6 Å². The first kappa shape index (κ1) is 18.2. The van der Waals surface area contributed by atoms with Gasteiger partial charge in [-0.05, 0) is 45.0 Å². The van der Waals surface area contributed by atoms with Crippen molar-refractivity contribution in [2.75, 3.05) is 36.5 Å². The summed E-state index contributed by atoms with van der Waals surface area (Å²) in [6.45, 7) is 9.07. The minimum Gasteiger partial charge on any atom is -0.378 e. The second-order valence-corrected chi connectivity index (χ2v) is 7.38. The van der Waals surface area contributed by atoms with Gasteiger partial charge in [-0.3, -0.25) is 4.79 Å². The number of hydrogen-bond acceptors (Lipinski definition) is 5. The number of nitrogens with one attached hydrogen (secondary N) is 2. The van der Waals surface area contributed by atoms with Gasteiger partial charge < -0.3 is 20.3 Å². The van der Waals surface area contributed by atoms with E-state index < -0.39 is 0 Å². The summed E-state index contributed by atoms with van der Waals surface area (Å²) in [4.78, 5) is 19.0. The first-order chi connectivity index (χ1) is 12.4. The molecule has 0 atom stereocenters. The average Bonchev–Trinajstić information content (AvgIpc) is 2.62. The zero-order valence-electron chi connectivity index (χ0n) is 15.6. The van der Waals surface area contributed by atoms with E-state index in [0.717, 1.165) is 37.7 Å². The van der Waals surface area contributed by atoms with Crippen LogP contribution in [0.3, 0.4) is 0 Å². The molecular weight excluding hydrogens is 328 g/mol. The highest BCUT2D eigenvalue weighted by atomic mass is 16.5. The Kier molecular flexibility index (Phi) is 5.42. The van der Waals surface area contributed by atoms with Gasteiger partial charge >= 0.3 is 0 Å². The zero-order valence-corrected chi connectivity index (χ0v) is 15.6. The molecule has 1 aliphatic heterocycles. The van der Waals surface area contributed by atoms with Crippen molar-refractivity contribution >= 4 is 23.1 Å². The van der Waals surface area contributed by atoms with Gasteiger partial charge in [-0.2, -0.15) is 0 Å². The lowest BCUT2D eigenvalue weighted by atomic mass is 10.1. The fourth-order valence-corrected chi connectivity index (χ4v) is 2.85. The smallest absolute Gasteiger partial charge is 0.251 e. The van der Waals surface area contributed by atoms with Crippen molar-refractivity contribution in [3.05, 3.63) is 48.2 Å². The van der Waals surface area contributed by atoms with Crippen LogP contribution in [0.4, 0.5) is 17.2 Å². The van der Waals surface area contributed by atoms with E-state index >= 15 is 0 Å². The molecule has 1 aromatic heterocycles. The third-order valence-corrected chi connectivity index (χ3v) is 4.03. The number of para-hydroxylation sites is 2. The lowest BCUT2D eigenvalue weighted by Crippen LogP contribution is -2.40. The van der Waals surface area contributed by atoms with E-state index in [1.165, 1.54) is 0 Å². The van der Waals surface area contributed by atoms with Crippen LogP contribution in [0.15, 0.2) is 42.6 Å². The predicted octanol–water partition coefficient (Wildman–Crippen LogP) is 3.19. The van der Waals surface area contributed by atoms with Crippen molar-refractivity contribution < 1.29 is 9.53 Å². The number of hydrogen-bond donors (Lipinski definition) is 2. The van der Waals surface area contributed by atoms with E-state index in [1.807, 2.05) is 39.0 Å². The van der Waals surface area contributed by atoms with Crippen molar-refractivity contribution in [3.8, 4) is 0 Å². The van der Waals surface area contributed by atoms with Crippen molar-refractivity contribution in [2.45, 2.75) is 26.3 Å². The SMILES string of the molecule is CC(C)(C)NC(=O)c1ccnc(Nc2ccccc2N2CCOCC2)c1. The Morgan fingerprint density at radius 3 is 2.62 bits per heavy atom. The molecule has 26 heavy (non-hydrogen) atoms. The van der Waals surface area contributed by atoms with E-state index in [2.05, 4.69) is 26.6 Å². The van der Waals surface area contributed by atoms with Crippen LogP contribution in [0.1, 0.15) is 31.1 Å². The largest absolute Gasteiger partial charge is 0.378 e. The average molecular weight is 354 g/mol. The third kappa shape index (κ3) is 4.73. The molecule has 1 amide bonds. The summed E-state index contributed by atoms with van der Waals surface area (Å²) in [5.74, 6) is 0.539.